The number of hydrogen-bond donors (Lipinski definition) is 2. The molecule has 0 aliphatic heterocycles. The largest absolute Gasteiger partial charge is 0.399 e. The van der Waals surface area contributed by atoms with Crippen LogP contribution >= 0.6 is 0 Å². The van der Waals surface area contributed by atoms with Crippen molar-refractivity contribution < 1.29 is 0 Å². The molecule has 0 bridgehead atoms. The van der Waals surface area contributed by atoms with Crippen LogP contribution in [0.1, 0.15) is 122 Å². The van der Waals surface area contributed by atoms with Crippen molar-refractivity contribution in [2.75, 3.05) is 11.5 Å². The van der Waals surface area contributed by atoms with Gasteiger partial charge in [0.2, 0.25) is 0 Å². The van der Waals surface area contributed by atoms with Crippen molar-refractivity contribution in [3.63, 3.8) is 0 Å². The summed E-state index contributed by atoms with van der Waals surface area (Å²) in [5.74, 6) is 0.871. The van der Waals surface area contributed by atoms with Gasteiger partial charge in [0.1, 0.15) is 0 Å². The van der Waals surface area contributed by atoms with E-state index in [-0.39, 0.29) is 5.41 Å². The van der Waals surface area contributed by atoms with Gasteiger partial charge in [0.05, 0.1) is 0 Å². The Labute approximate surface area is 267 Å². The van der Waals surface area contributed by atoms with Crippen LogP contribution in [0.5, 0.6) is 0 Å². The standard InChI is InChI=1S/C42H54N2/c1-4-5-6-7-8-9-10-33-23-25-42(26-24-33,38-17-11-34(12-18-38)29-36-15-21-40(43)31(2)27-36)39-19-13-35(14-20-39)30-37-16-22-41(44)32(3)28-37/h11-22,27-28,33H,4-10,23-26,29-30,43-44H2,1-3H3. The van der Waals surface area contributed by atoms with Gasteiger partial charge in [-0.15, -0.1) is 0 Å². The van der Waals surface area contributed by atoms with Gasteiger partial charge in [-0.1, -0.05) is 125 Å². The first kappa shape index (κ1) is 31.9. The molecule has 44 heavy (non-hydrogen) atoms. The summed E-state index contributed by atoms with van der Waals surface area (Å²) < 4.78 is 0. The molecule has 4 aromatic rings. The van der Waals surface area contributed by atoms with E-state index in [9.17, 15) is 0 Å². The van der Waals surface area contributed by atoms with Crippen molar-refractivity contribution in [2.45, 2.75) is 110 Å². The van der Waals surface area contributed by atoms with Crippen molar-refractivity contribution in [1.82, 2.24) is 0 Å². The minimum atomic E-state index is 0.0876. The second-order valence-electron chi connectivity index (χ2n) is 13.7. The van der Waals surface area contributed by atoms with Crippen LogP contribution in [0.15, 0.2) is 84.9 Å². The van der Waals surface area contributed by atoms with Gasteiger partial charge in [-0.05, 0) is 115 Å². The molecule has 0 aromatic heterocycles. The maximum atomic E-state index is 6.07. The summed E-state index contributed by atoms with van der Waals surface area (Å²) in [5, 5.41) is 0. The first-order valence-electron chi connectivity index (χ1n) is 17.2. The molecule has 0 atom stereocenters. The highest BCUT2D eigenvalue weighted by atomic mass is 14.6. The molecule has 0 amide bonds. The molecule has 5 rings (SSSR count). The second-order valence-corrected chi connectivity index (χ2v) is 13.7. The SMILES string of the molecule is CCCCCCCCC1CCC(c2ccc(Cc3ccc(N)c(C)c3)cc2)(c2ccc(Cc3ccc(N)c(C)c3)cc2)CC1. The number of aryl methyl sites for hydroxylation is 2. The van der Waals surface area contributed by atoms with Crippen molar-refractivity contribution in [2.24, 2.45) is 5.92 Å². The number of rotatable bonds is 13. The van der Waals surface area contributed by atoms with E-state index < -0.39 is 0 Å². The van der Waals surface area contributed by atoms with Crippen LogP contribution < -0.4 is 11.5 Å². The Kier molecular flexibility index (Phi) is 10.9. The van der Waals surface area contributed by atoms with Gasteiger partial charge in [-0.25, -0.2) is 0 Å². The van der Waals surface area contributed by atoms with E-state index >= 15 is 0 Å². The van der Waals surface area contributed by atoms with Crippen molar-refractivity contribution in [3.05, 3.63) is 129 Å². The average Bonchev–Trinajstić information content (AvgIpc) is 3.04. The molecule has 0 radical (unpaired) electrons. The predicted octanol–water partition coefficient (Wildman–Crippen LogP) is 10.9. The lowest BCUT2D eigenvalue weighted by atomic mass is 9.62. The lowest BCUT2D eigenvalue weighted by molar-refractivity contribution is 0.250. The number of nitrogens with two attached hydrogens (primary N) is 2. The minimum Gasteiger partial charge on any atom is -0.399 e. The topological polar surface area (TPSA) is 52.0 Å². The average molecular weight is 587 g/mol. The lowest BCUT2D eigenvalue weighted by Crippen LogP contribution is -2.33. The Morgan fingerprint density at radius 2 is 1.00 bits per heavy atom. The van der Waals surface area contributed by atoms with E-state index in [0.29, 0.717) is 0 Å². The Morgan fingerprint density at radius 3 is 1.45 bits per heavy atom. The number of nitrogen functional groups attached to an aromatic ring is 2. The smallest absolute Gasteiger partial charge is 0.0343 e. The molecule has 4 aromatic carbocycles. The molecule has 0 spiro atoms. The molecule has 1 aliphatic carbocycles. The third-order valence-electron chi connectivity index (χ3n) is 10.4. The zero-order valence-electron chi connectivity index (χ0n) is 27.5. The predicted molar refractivity (Wildman–Crippen MR) is 190 cm³/mol. The van der Waals surface area contributed by atoms with Gasteiger partial charge in [0.25, 0.3) is 0 Å². The highest BCUT2D eigenvalue weighted by Gasteiger charge is 2.38. The van der Waals surface area contributed by atoms with Crippen molar-refractivity contribution in [1.29, 1.82) is 0 Å². The van der Waals surface area contributed by atoms with E-state index in [4.69, 9.17) is 11.5 Å². The molecule has 2 heteroatoms. The number of benzene rings is 4. The van der Waals surface area contributed by atoms with Crippen LogP contribution in [-0.4, -0.2) is 0 Å². The maximum absolute atomic E-state index is 6.07. The Bertz CT molecular complexity index is 1370. The monoisotopic (exact) mass is 586 g/mol. The molecule has 2 nitrogen and oxygen atoms in total. The van der Waals surface area contributed by atoms with Crippen LogP contribution in [0, 0.1) is 19.8 Å². The summed E-state index contributed by atoms with van der Waals surface area (Å²) in [6.07, 6.45) is 16.8. The third-order valence-corrected chi connectivity index (χ3v) is 10.4. The first-order valence-corrected chi connectivity index (χ1v) is 17.2. The van der Waals surface area contributed by atoms with Crippen molar-refractivity contribution >= 4 is 11.4 Å². The highest BCUT2D eigenvalue weighted by Crippen LogP contribution is 2.47. The third kappa shape index (κ3) is 7.95. The molecule has 0 unspecified atom stereocenters. The van der Waals surface area contributed by atoms with E-state index in [2.05, 4.69) is 93.6 Å². The molecule has 0 saturated heterocycles. The Hall–Kier alpha value is -3.52. The van der Waals surface area contributed by atoms with Gasteiger partial charge < -0.3 is 11.5 Å². The summed E-state index contributed by atoms with van der Waals surface area (Å²) in [6, 6.07) is 32.0. The van der Waals surface area contributed by atoms with Crippen molar-refractivity contribution in [3.8, 4) is 0 Å². The fourth-order valence-corrected chi connectivity index (χ4v) is 7.47. The van der Waals surface area contributed by atoms with Gasteiger partial charge in [-0.2, -0.15) is 0 Å². The highest BCUT2D eigenvalue weighted by molar-refractivity contribution is 5.50. The zero-order valence-corrected chi connectivity index (χ0v) is 27.5. The van der Waals surface area contributed by atoms with Crippen LogP contribution in [-0.2, 0) is 18.3 Å². The number of anilines is 2. The molecule has 1 aliphatic rings. The zero-order chi connectivity index (χ0) is 30.9. The molecule has 232 valence electrons. The fraction of sp³-hybridized carbons (Fsp3) is 0.429. The Balaban J connectivity index is 1.33. The van der Waals surface area contributed by atoms with Crippen LogP contribution in [0.25, 0.3) is 0 Å². The summed E-state index contributed by atoms with van der Waals surface area (Å²) in [4.78, 5) is 0. The normalized spacial score (nSPS) is 15.0. The minimum absolute atomic E-state index is 0.0876. The summed E-state index contributed by atoms with van der Waals surface area (Å²) in [5.41, 5.74) is 24.6. The van der Waals surface area contributed by atoms with Gasteiger partial charge in [-0.3, -0.25) is 0 Å². The van der Waals surface area contributed by atoms with Crippen LogP contribution in [0.2, 0.25) is 0 Å². The molecule has 1 fully saturated rings. The summed E-state index contributed by atoms with van der Waals surface area (Å²) >= 11 is 0. The fourth-order valence-electron chi connectivity index (χ4n) is 7.47. The molecule has 4 N–H and O–H groups in total. The summed E-state index contributed by atoms with van der Waals surface area (Å²) in [7, 11) is 0. The molecular formula is C42H54N2. The van der Waals surface area contributed by atoms with E-state index in [0.717, 1.165) is 41.3 Å². The number of hydrogen-bond acceptors (Lipinski definition) is 2. The van der Waals surface area contributed by atoms with E-state index in [1.165, 1.54) is 104 Å². The first-order chi connectivity index (χ1) is 21.4. The van der Waals surface area contributed by atoms with Gasteiger partial charge in [0, 0.05) is 16.8 Å². The van der Waals surface area contributed by atoms with Crippen LogP contribution in [0.4, 0.5) is 11.4 Å². The lowest BCUT2D eigenvalue weighted by Gasteiger charge is -2.42. The quantitative estimate of drug-likeness (QED) is 0.121. The Morgan fingerprint density at radius 1 is 0.568 bits per heavy atom. The second kappa shape index (κ2) is 15.0. The maximum Gasteiger partial charge on any atom is 0.0343 e. The van der Waals surface area contributed by atoms with E-state index in [1.807, 2.05) is 12.1 Å². The van der Waals surface area contributed by atoms with Gasteiger partial charge >= 0.3 is 0 Å². The molecular weight excluding hydrogens is 532 g/mol. The van der Waals surface area contributed by atoms with E-state index in [1.54, 1.807) is 0 Å². The number of unbranched alkanes of at least 4 members (excludes halogenated alkanes) is 5. The molecule has 0 heterocycles. The summed E-state index contributed by atoms with van der Waals surface area (Å²) in [6.45, 7) is 6.49. The van der Waals surface area contributed by atoms with Gasteiger partial charge in [0.15, 0.2) is 0 Å². The van der Waals surface area contributed by atoms with Crippen LogP contribution in [0.3, 0.4) is 0 Å². The molecule has 1 saturated carbocycles.